The SMILES string of the molecule is Cn1cc2c(F)cc(NC(=O)c3sc(C4CCN(C(=O)OC(C)(C)C)CC4)cc3F)cc2n1. The van der Waals surface area contributed by atoms with E-state index in [1.807, 2.05) is 20.8 Å². The molecule has 1 aliphatic rings. The average Bonchev–Trinajstić information content (AvgIpc) is 3.29. The smallest absolute Gasteiger partial charge is 0.410 e. The standard InChI is InChI=1S/C23H26F2N4O3S/c1-23(2,3)32-22(31)29-7-5-13(6-8-29)19-11-17(25)20(33-19)21(30)26-14-9-16(24)15-12-28(4)27-18(15)10-14/h9-13H,5-8H2,1-4H3,(H,26,30). The van der Waals surface area contributed by atoms with Gasteiger partial charge in [0.25, 0.3) is 5.91 Å². The van der Waals surface area contributed by atoms with E-state index in [-0.39, 0.29) is 22.6 Å². The third-order valence-corrected chi connectivity index (χ3v) is 6.68. The number of hydrogen-bond donors (Lipinski definition) is 1. The Kier molecular flexibility index (Phi) is 6.13. The number of ether oxygens (including phenoxy) is 1. The molecule has 33 heavy (non-hydrogen) atoms. The lowest BCUT2D eigenvalue weighted by Gasteiger charge is -2.33. The molecule has 0 spiro atoms. The highest BCUT2D eigenvalue weighted by Crippen LogP contribution is 2.35. The van der Waals surface area contributed by atoms with Crippen LogP contribution in [0.5, 0.6) is 0 Å². The zero-order chi connectivity index (χ0) is 23.9. The van der Waals surface area contributed by atoms with Crippen molar-refractivity contribution in [3.8, 4) is 0 Å². The molecule has 10 heteroatoms. The molecule has 1 fully saturated rings. The largest absolute Gasteiger partial charge is 0.444 e. The Bertz CT molecular complexity index is 1210. The first-order valence-corrected chi connectivity index (χ1v) is 11.5. The number of thiophene rings is 1. The van der Waals surface area contributed by atoms with Crippen LogP contribution in [0.1, 0.15) is 54.1 Å². The number of likely N-dealkylation sites (tertiary alicyclic amines) is 1. The van der Waals surface area contributed by atoms with Crippen LogP contribution in [-0.2, 0) is 11.8 Å². The van der Waals surface area contributed by atoms with Gasteiger partial charge in [-0.3, -0.25) is 9.48 Å². The molecule has 3 heterocycles. The van der Waals surface area contributed by atoms with E-state index in [1.54, 1.807) is 24.2 Å². The Morgan fingerprint density at radius 2 is 1.85 bits per heavy atom. The molecule has 0 bridgehead atoms. The van der Waals surface area contributed by atoms with Crippen LogP contribution in [0.4, 0.5) is 19.3 Å². The van der Waals surface area contributed by atoms with Crippen molar-refractivity contribution in [2.75, 3.05) is 18.4 Å². The number of aryl methyl sites for hydroxylation is 1. The number of aromatic nitrogens is 2. The van der Waals surface area contributed by atoms with Crippen molar-refractivity contribution < 1.29 is 23.1 Å². The average molecular weight is 477 g/mol. The van der Waals surface area contributed by atoms with Crippen molar-refractivity contribution >= 4 is 39.9 Å². The fraction of sp³-hybridized carbons (Fsp3) is 0.435. The van der Waals surface area contributed by atoms with Crippen LogP contribution in [-0.4, -0.2) is 45.4 Å². The molecule has 0 radical (unpaired) electrons. The number of carbonyl (C=O) groups is 2. The normalized spacial score (nSPS) is 15.2. The van der Waals surface area contributed by atoms with Crippen LogP contribution in [0.3, 0.4) is 0 Å². The second kappa shape index (κ2) is 8.74. The Hall–Kier alpha value is -3.01. The van der Waals surface area contributed by atoms with Gasteiger partial charge in [0.1, 0.15) is 22.1 Å². The van der Waals surface area contributed by atoms with Gasteiger partial charge in [-0.1, -0.05) is 0 Å². The van der Waals surface area contributed by atoms with Gasteiger partial charge in [-0.2, -0.15) is 5.10 Å². The minimum atomic E-state index is -0.635. The van der Waals surface area contributed by atoms with Gasteiger partial charge in [0.2, 0.25) is 0 Å². The molecule has 1 aliphatic heterocycles. The van der Waals surface area contributed by atoms with Crippen molar-refractivity contribution in [3.63, 3.8) is 0 Å². The van der Waals surface area contributed by atoms with E-state index in [0.29, 0.717) is 36.8 Å². The third kappa shape index (κ3) is 5.16. The van der Waals surface area contributed by atoms with Crippen molar-refractivity contribution in [2.24, 2.45) is 7.05 Å². The van der Waals surface area contributed by atoms with Crippen LogP contribution < -0.4 is 5.32 Å². The van der Waals surface area contributed by atoms with Gasteiger partial charge >= 0.3 is 6.09 Å². The molecule has 176 valence electrons. The second-order valence-corrected chi connectivity index (χ2v) is 10.3. The Balaban J connectivity index is 1.42. The summed E-state index contributed by atoms with van der Waals surface area (Å²) in [6.07, 6.45) is 2.51. The lowest BCUT2D eigenvalue weighted by molar-refractivity contribution is 0.0205. The predicted octanol–water partition coefficient (Wildman–Crippen LogP) is 5.28. The van der Waals surface area contributed by atoms with Crippen LogP contribution in [0.15, 0.2) is 24.4 Å². The first-order chi connectivity index (χ1) is 15.5. The van der Waals surface area contributed by atoms with Crippen LogP contribution in [0.2, 0.25) is 0 Å². The second-order valence-electron chi connectivity index (χ2n) is 9.22. The molecule has 0 atom stereocenters. The number of rotatable bonds is 3. The number of piperidine rings is 1. The van der Waals surface area contributed by atoms with Crippen LogP contribution >= 0.6 is 11.3 Å². The van der Waals surface area contributed by atoms with Crippen molar-refractivity contribution in [3.05, 3.63) is 45.8 Å². The van der Waals surface area contributed by atoms with Gasteiger partial charge in [0.15, 0.2) is 0 Å². The number of nitrogens with zero attached hydrogens (tertiary/aromatic N) is 3. The van der Waals surface area contributed by atoms with Gasteiger partial charge in [-0.05, 0) is 57.7 Å². The summed E-state index contributed by atoms with van der Waals surface area (Å²) in [7, 11) is 1.68. The van der Waals surface area contributed by atoms with Crippen molar-refractivity contribution in [2.45, 2.75) is 45.1 Å². The van der Waals surface area contributed by atoms with E-state index in [0.717, 1.165) is 16.2 Å². The lowest BCUT2D eigenvalue weighted by Crippen LogP contribution is -2.41. The minimum absolute atomic E-state index is 0.0482. The highest BCUT2D eigenvalue weighted by molar-refractivity contribution is 7.14. The van der Waals surface area contributed by atoms with Gasteiger partial charge < -0.3 is 15.0 Å². The molecule has 2 aromatic heterocycles. The molecule has 0 unspecified atom stereocenters. The summed E-state index contributed by atoms with van der Waals surface area (Å²) in [5, 5.41) is 7.07. The molecule has 2 amide bonds. The van der Waals surface area contributed by atoms with E-state index >= 15 is 0 Å². The number of nitrogens with one attached hydrogen (secondary N) is 1. The summed E-state index contributed by atoms with van der Waals surface area (Å²) in [4.78, 5) is 27.3. The molecule has 1 saturated heterocycles. The van der Waals surface area contributed by atoms with Gasteiger partial charge in [-0.25, -0.2) is 13.6 Å². The summed E-state index contributed by atoms with van der Waals surface area (Å²) in [6, 6.07) is 4.13. The number of anilines is 1. The maximum Gasteiger partial charge on any atom is 0.410 e. The molecular formula is C23H26F2N4O3S. The van der Waals surface area contributed by atoms with Gasteiger partial charge in [-0.15, -0.1) is 11.3 Å². The van der Waals surface area contributed by atoms with Crippen LogP contribution in [0.25, 0.3) is 10.9 Å². The Morgan fingerprint density at radius 1 is 1.15 bits per heavy atom. The van der Waals surface area contributed by atoms with E-state index in [9.17, 15) is 18.4 Å². The minimum Gasteiger partial charge on any atom is -0.444 e. The molecule has 1 N–H and O–H groups in total. The topological polar surface area (TPSA) is 76.5 Å². The predicted molar refractivity (Wildman–Crippen MR) is 123 cm³/mol. The molecule has 0 aliphatic carbocycles. The van der Waals surface area contributed by atoms with Crippen molar-refractivity contribution in [1.29, 1.82) is 0 Å². The number of halogens is 2. The van der Waals surface area contributed by atoms with Gasteiger partial charge in [0.05, 0.1) is 10.9 Å². The molecular weight excluding hydrogens is 450 g/mol. The fourth-order valence-corrected chi connectivity index (χ4v) is 4.98. The zero-order valence-electron chi connectivity index (χ0n) is 18.9. The zero-order valence-corrected chi connectivity index (χ0v) is 19.8. The highest BCUT2D eigenvalue weighted by atomic mass is 32.1. The summed E-state index contributed by atoms with van der Waals surface area (Å²) in [5.41, 5.74) is 0.0532. The quantitative estimate of drug-likeness (QED) is 0.558. The number of carbonyl (C=O) groups excluding carboxylic acids is 2. The van der Waals surface area contributed by atoms with E-state index in [4.69, 9.17) is 4.74 Å². The van der Waals surface area contributed by atoms with Crippen molar-refractivity contribution in [1.82, 2.24) is 14.7 Å². The summed E-state index contributed by atoms with van der Waals surface area (Å²) in [5.74, 6) is -1.71. The van der Waals surface area contributed by atoms with E-state index in [1.165, 1.54) is 16.8 Å². The maximum absolute atomic E-state index is 14.6. The summed E-state index contributed by atoms with van der Waals surface area (Å²) < 4.78 is 35.8. The third-order valence-electron chi connectivity index (χ3n) is 5.41. The number of fused-ring (bicyclic) bond motifs is 1. The Labute approximate surface area is 194 Å². The summed E-state index contributed by atoms with van der Waals surface area (Å²) >= 11 is 1.09. The van der Waals surface area contributed by atoms with Gasteiger partial charge in [0, 0.05) is 36.9 Å². The Morgan fingerprint density at radius 3 is 2.52 bits per heavy atom. The molecule has 3 aromatic rings. The monoisotopic (exact) mass is 476 g/mol. The van der Waals surface area contributed by atoms with E-state index in [2.05, 4.69) is 10.4 Å². The number of amides is 2. The van der Waals surface area contributed by atoms with E-state index < -0.39 is 23.1 Å². The first-order valence-electron chi connectivity index (χ1n) is 10.7. The summed E-state index contributed by atoms with van der Waals surface area (Å²) in [6.45, 7) is 6.47. The molecule has 7 nitrogen and oxygen atoms in total. The molecule has 0 saturated carbocycles. The molecule has 1 aromatic carbocycles. The number of benzene rings is 1. The molecule has 4 rings (SSSR count). The van der Waals surface area contributed by atoms with Crippen LogP contribution in [0, 0.1) is 11.6 Å². The number of hydrogen-bond acceptors (Lipinski definition) is 5. The highest BCUT2D eigenvalue weighted by Gasteiger charge is 2.29. The lowest BCUT2D eigenvalue weighted by atomic mass is 9.95. The fourth-order valence-electron chi connectivity index (χ4n) is 3.88. The first kappa shape index (κ1) is 23.2. The maximum atomic E-state index is 14.6.